The number of nitrogens with one attached hydrogen (secondary N) is 1. The first kappa shape index (κ1) is 15.1. The molecule has 6 heteroatoms. The minimum absolute atomic E-state index is 0.114. The van der Waals surface area contributed by atoms with Crippen LogP contribution >= 0.6 is 0 Å². The lowest BCUT2D eigenvalue weighted by molar-refractivity contribution is -0.0159. The number of nitrogens with zero attached hydrogens (tertiary/aromatic N) is 4. The number of aromatic nitrogens is 4. The molecule has 1 saturated heterocycles. The second-order valence-corrected chi connectivity index (χ2v) is 7.17. The van der Waals surface area contributed by atoms with Gasteiger partial charge in [-0.1, -0.05) is 29.4 Å². The maximum absolute atomic E-state index is 5.53. The molecule has 2 aromatic heterocycles. The van der Waals surface area contributed by atoms with Crippen molar-refractivity contribution in [2.75, 3.05) is 6.54 Å². The molecule has 1 aliphatic heterocycles. The van der Waals surface area contributed by atoms with Gasteiger partial charge in [0, 0.05) is 23.8 Å². The van der Waals surface area contributed by atoms with Crippen molar-refractivity contribution in [1.82, 2.24) is 25.2 Å². The zero-order chi connectivity index (χ0) is 16.7. The van der Waals surface area contributed by atoms with E-state index in [4.69, 9.17) is 4.52 Å². The zero-order valence-corrected chi connectivity index (χ0v) is 14.2. The van der Waals surface area contributed by atoms with Crippen LogP contribution < -0.4 is 0 Å². The van der Waals surface area contributed by atoms with Crippen molar-refractivity contribution in [3.63, 3.8) is 0 Å². The Bertz CT molecular complexity index is 814. The van der Waals surface area contributed by atoms with E-state index in [1.165, 1.54) is 0 Å². The van der Waals surface area contributed by atoms with Crippen LogP contribution in [-0.2, 0) is 0 Å². The number of benzene rings is 1. The van der Waals surface area contributed by atoms with Crippen LogP contribution in [0.25, 0.3) is 22.6 Å². The highest BCUT2D eigenvalue weighted by molar-refractivity contribution is 5.64. The van der Waals surface area contributed by atoms with Crippen molar-refractivity contribution in [3.05, 3.63) is 42.4 Å². The van der Waals surface area contributed by atoms with Crippen molar-refractivity contribution in [3.8, 4) is 22.6 Å². The number of likely N-dealkylation sites (tertiary alicyclic amines) is 1. The van der Waals surface area contributed by atoms with Crippen LogP contribution in [0, 0.1) is 0 Å². The highest BCUT2D eigenvalue weighted by Crippen LogP contribution is 2.38. The van der Waals surface area contributed by atoms with E-state index in [-0.39, 0.29) is 11.6 Å². The van der Waals surface area contributed by atoms with Crippen molar-refractivity contribution in [1.29, 1.82) is 0 Å². The predicted molar refractivity (Wildman–Crippen MR) is 91.1 cm³/mol. The minimum atomic E-state index is 0.114. The van der Waals surface area contributed by atoms with Crippen LogP contribution in [0.2, 0.25) is 0 Å². The highest BCUT2D eigenvalue weighted by Gasteiger charge is 2.40. The van der Waals surface area contributed by atoms with E-state index in [0.717, 1.165) is 29.8 Å². The average Bonchev–Trinajstić information content (AvgIpc) is 3.16. The number of H-pyrrole nitrogens is 1. The van der Waals surface area contributed by atoms with Gasteiger partial charge in [0.15, 0.2) is 0 Å². The van der Waals surface area contributed by atoms with Gasteiger partial charge in [-0.25, -0.2) is 0 Å². The van der Waals surface area contributed by atoms with Crippen LogP contribution in [0.1, 0.15) is 39.1 Å². The Hall–Kier alpha value is -2.47. The summed E-state index contributed by atoms with van der Waals surface area (Å²) in [6, 6.07) is 10.3. The molecule has 1 unspecified atom stereocenters. The Labute approximate surface area is 140 Å². The first-order chi connectivity index (χ1) is 11.5. The molecule has 3 aromatic rings. The standard InChI is InChI=1S/C18H21N5O/c1-18(2,3)23-11-9-15(23)17-20-16(22-24-17)13-6-4-12(5-7-13)14-8-10-19-21-14/h4-8,10,15H,9,11H2,1-3H3,(H,19,21). The van der Waals surface area contributed by atoms with Crippen LogP contribution in [0.3, 0.4) is 0 Å². The maximum atomic E-state index is 5.53. The SMILES string of the molecule is CC(C)(C)N1CCC1c1nc(-c2ccc(-c3ccn[nH]3)cc2)no1. The van der Waals surface area contributed by atoms with Gasteiger partial charge in [-0.05, 0) is 38.8 Å². The Morgan fingerprint density at radius 1 is 1.12 bits per heavy atom. The third kappa shape index (κ3) is 2.63. The van der Waals surface area contributed by atoms with E-state index in [1.807, 2.05) is 30.3 Å². The van der Waals surface area contributed by atoms with Crippen LogP contribution in [0.4, 0.5) is 0 Å². The molecule has 1 atom stereocenters. The fourth-order valence-corrected chi connectivity index (χ4v) is 3.15. The molecule has 124 valence electrons. The molecule has 0 spiro atoms. The van der Waals surface area contributed by atoms with Crippen LogP contribution in [0.15, 0.2) is 41.1 Å². The van der Waals surface area contributed by atoms with Crippen molar-refractivity contribution >= 4 is 0 Å². The molecule has 0 amide bonds. The fraction of sp³-hybridized carbons (Fsp3) is 0.389. The Balaban J connectivity index is 1.55. The Morgan fingerprint density at radius 2 is 1.88 bits per heavy atom. The molecule has 1 fully saturated rings. The first-order valence-electron chi connectivity index (χ1n) is 8.23. The summed E-state index contributed by atoms with van der Waals surface area (Å²) in [7, 11) is 0. The molecule has 0 bridgehead atoms. The van der Waals surface area contributed by atoms with E-state index in [9.17, 15) is 0 Å². The predicted octanol–water partition coefficient (Wildman–Crippen LogP) is 3.67. The number of hydrogen-bond acceptors (Lipinski definition) is 5. The molecular formula is C18H21N5O. The van der Waals surface area contributed by atoms with Gasteiger partial charge in [0.2, 0.25) is 11.7 Å². The van der Waals surface area contributed by atoms with Gasteiger partial charge in [0.25, 0.3) is 0 Å². The Morgan fingerprint density at radius 3 is 2.46 bits per heavy atom. The topological polar surface area (TPSA) is 70.8 Å². The maximum Gasteiger partial charge on any atom is 0.244 e. The highest BCUT2D eigenvalue weighted by atomic mass is 16.5. The average molecular weight is 323 g/mol. The summed E-state index contributed by atoms with van der Waals surface area (Å²) >= 11 is 0. The quantitative estimate of drug-likeness (QED) is 0.796. The molecule has 6 nitrogen and oxygen atoms in total. The minimum Gasteiger partial charge on any atom is -0.337 e. The fourth-order valence-electron chi connectivity index (χ4n) is 3.15. The molecule has 1 aromatic carbocycles. The molecular weight excluding hydrogens is 302 g/mol. The molecule has 0 saturated carbocycles. The molecule has 4 rings (SSSR count). The Kier molecular flexibility index (Phi) is 3.49. The molecule has 24 heavy (non-hydrogen) atoms. The molecule has 1 N–H and O–H groups in total. The molecule has 1 aliphatic rings. The van der Waals surface area contributed by atoms with Crippen molar-refractivity contribution in [2.45, 2.75) is 38.8 Å². The van der Waals surface area contributed by atoms with Crippen LogP contribution in [-0.4, -0.2) is 37.3 Å². The summed E-state index contributed by atoms with van der Waals surface area (Å²) in [6.45, 7) is 7.71. The second-order valence-electron chi connectivity index (χ2n) is 7.17. The zero-order valence-electron chi connectivity index (χ0n) is 14.2. The first-order valence-corrected chi connectivity index (χ1v) is 8.23. The number of rotatable bonds is 3. The van der Waals surface area contributed by atoms with Gasteiger partial charge in [-0.3, -0.25) is 10.00 Å². The molecule has 3 heterocycles. The van der Waals surface area contributed by atoms with E-state index in [1.54, 1.807) is 6.20 Å². The second kappa shape index (κ2) is 5.56. The smallest absolute Gasteiger partial charge is 0.244 e. The third-order valence-electron chi connectivity index (χ3n) is 4.56. The van der Waals surface area contributed by atoms with Gasteiger partial charge < -0.3 is 4.52 Å². The third-order valence-corrected chi connectivity index (χ3v) is 4.56. The summed E-state index contributed by atoms with van der Waals surface area (Å²) in [4.78, 5) is 7.01. The van der Waals surface area contributed by atoms with Crippen molar-refractivity contribution in [2.24, 2.45) is 0 Å². The summed E-state index contributed by atoms with van der Waals surface area (Å²) < 4.78 is 5.53. The largest absolute Gasteiger partial charge is 0.337 e. The van der Waals surface area contributed by atoms with Gasteiger partial charge in [-0.15, -0.1) is 0 Å². The van der Waals surface area contributed by atoms with Gasteiger partial charge in [-0.2, -0.15) is 10.1 Å². The van der Waals surface area contributed by atoms with E-state index in [0.29, 0.717) is 11.7 Å². The van der Waals surface area contributed by atoms with Crippen LogP contribution in [0.5, 0.6) is 0 Å². The lowest BCUT2D eigenvalue weighted by Crippen LogP contribution is -2.52. The summed E-state index contributed by atoms with van der Waals surface area (Å²) in [5.41, 5.74) is 3.14. The van der Waals surface area contributed by atoms with Crippen molar-refractivity contribution < 1.29 is 4.52 Å². The van der Waals surface area contributed by atoms with E-state index >= 15 is 0 Å². The monoisotopic (exact) mass is 323 g/mol. The van der Waals surface area contributed by atoms with Gasteiger partial charge in [0.1, 0.15) is 0 Å². The molecule has 0 aliphatic carbocycles. The number of hydrogen-bond donors (Lipinski definition) is 1. The molecule has 0 radical (unpaired) electrons. The summed E-state index contributed by atoms with van der Waals surface area (Å²) in [5.74, 6) is 1.35. The van der Waals surface area contributed by atoms with E-state index < -0.39 is 0 Å². The van der Waals surface area contributed by atoms with Gasteiger partial charge in [0.05, 0.1) is 11.7 Å². The summed E-state index contributed by atoms with van der Waals surface area (Å²) in [6.07, 6.45) is 2.81. The number of aromatic amines is 1. The van der Waals surface area contributed by atoms with Gasteiger partial charge >= 0.3 is 0 Å². The summed E-state index contributed by atoms with van der Waals surface area (Å²) in [5, 5.41) is 11.1. The lowest BCUT2D eigenvalue weighted by atomic mass is 9.93. The van der Waals surface area contributed by atoms with E-state index in [2.05, 4.69) is 46.0 Å². The lowest BCUT2D eigenvalue weighted by Gasteiger charge is -2.47. The normalized spacial score (nSPS) is 18.5.